The zero-order valence-corrected chi connectivity index (χ0v) is 24.6. The molecule has 1 saturated heterocycles. The number of nitrogens with zero attached hydrogens (tertiary/aromatic N) is 1. The molecular formula is C33H43NO6. The van der Waals surface area contributed by atoms with Gasteiger partial charge in [-0.05, 0) is 92.2 Å². The predicted octanol–water partition coefficient (Wildman–Crippen LogP) is 5.42. The summed E-state index contributed by atoms with van der Waals surface area (Å²) in [6.07, 6.45) is 4.53. The number of carbonyl (C=O) groups is 3. The Morgan fingerprint density at radius 1 is 0.950 bits per heavy atom. The van der Waals surface area contributed by atoms with Crippen LogP contribution in [0.25, 0.3) is 0 Å². The molecule has 0 bridgehead atoms. The van der Waals surface area contributed by atoms with Crippen molar-refractivity contribution >= 4 is 17.7 Å². The fourth-order valence-corrected chi connectivity index (χ4v) is 6.22. The van der Waals surface area contributed by atoms with Gasteiger partial charge in [0.1, 0.15) is 35.3 Å². The second-order valence-electron chi connectivity index (χ2n) is 12.0. The van der Waals surface area contributed by atoms with Gasteiger partial charge in [0.05, 0.1) is 14.2 Å². The van der Waals surface area contributed by atoms with E-state index in [0.29, 0.717) is 18.8 Å². The van der Waals surface area contributed by atoms with Gasteiger partial charge in [0.2, 0.25) is 5.91 Å². The van der Waals surface area contributed by atoms with Gasteiger partial charge in [-0.2, -0.15) is 0 Å². The van der Waals surface area contributed by atoms with E-state index in [1.54, 1.807) is 19.1 Å². The lowest BCUT2D eigenvalue weighted by atomic mass is 9.67. The number of carbonyl (C=O) groups excluding carboxylic acids is 3. The third-order valence-corrected chi connectivity index (χ3v) is 9.11. The molecule has 0 aromatic heterocycles. The number of likely N-dealkylation sites (tertiary alicyclic amines) is 1. The molecule has 0 radical (unpaired) electrons. The number of ether oxygens (including phenoxy) is 3. The highest BCUT2D eigenvalue weighted by Crippen LogP contribution is 2.43. The molecule has 4 atom stereocenters. The fourth-order valence-electron chi connectivity index (χ4n) is 6.22. The molecule has 1 heterocycles. The molecule has 2 aromatic carbocycles. The highest BCUT2D eigenvalue weighted by atomic mass is 16.5. The van der Waals surface area contributed by atoms with Gasteiger partial charge in [0.15, 0.2) is 0 Å². The number of benzene rings is 2. The fraction of sp³-hybridized carbons (Fsp3) is 0.545. The number of hydrogen-bond donors (Lipinski definition) is 0. The second kappa shape index (κ2) is 12.4. The van der Waals surface area contributed by atoms with Crippen LogP contribution in [-0.2, 0) is 32.0 Å². The Hall–Kier alpha value is -3.35. The maximum atomic E-state index is 13.7. The molecule has 4 rings (SSSR count). The lowest BCUT2D eigenvalue weighted by molar-refractivity contribution is -0.185. The van der Waals surface area contributed by atoms with Gasteiger partial charge in [-0.3, -0.25) is 9.59 Å². The molecule has 2 aromatic rings. The van der Waals surface area contributed by atoms with E-state index in [1.165, 1.54) is 6.92 Å². The van der Waals surface area contributed by atoms with Crippen molar-refractivity contribution in [1.82, 2.24) is 4.90 Å². The van der Waals surface area contributed by atoms with Crippen molar-refractivity contribution in [3.05, 3.63) is 59.7 Å². The minimum absolute atomic E-state index is 0.101. The minimum Gasteiger partial charge on any atom is -0.497 e. The molecule has 216 valence electrons. The van der Waals surface area contributed by atoms with E-state index >= 15 is 0 Å². The van der Waals surface area contributed by atoms with Crippen LogP contribution >= 0.6 is 0 Å². The Bertz CT molecular complexity index is 1140. The lowest BCUT2D eigenvalue weighted by Gasteiger charge is -2.49. The van der Waals surface area contributed by atoms with E-state index in [-0.39, 0.29) is 29.3 Å². The Labute approximate surface area is 238 Å². The third kappa shape index (κ3) is 6.34. The van der Waals surface area contributed by atoms with E-state index in [1.807, 2.05) is 48.5 Å². The summed E-state index contributed by atoms with van der Waals surface area (Å²) >= 11 is 0. The summed E-state index contributed by atoms with van der Waals surface area (Å²) in [7, 11) is 3.24. The summed E-state index contributed by atoms with van der Waals surface area (Å²) in [4.78, 5) is 41.4. The molecule has 0 N–H and O–H groups in total. The molecule has 2 aliphatic rings. The quantitative estimate of drug-likeness (QED) is 0.211. The van der Waals surface area contributed by atoms with Crippen molar-refractivity contribution < 1.29 is 28.6 Å². The summed E-state index contributed by atoms with van der Waals surface area (Å²) < 4.78 is 16.7. The number of amides is 1. The first kappa shape index (κ1) is 29.6. The van der Waals surface area contributed by atoms with Gasteiger partial charge < -0.3 is 19.1 Å². The van der Waals surface area contributed by atoms with Crippen molar-refractivity contribution in [2.45, 2.75) is 84.4 Å². The van der Waals surface area contributed by atoms with E-state index in [9.17, 15) is 14.4 Å². The average molecular weight is 550 g/mol. The van der Waals surface area contributed by atoms with Gasteiger partial charge in [0.25, 0.3) is 0 Å². The molecule has 4 unspecified atom stereocenters. The number of Topliss-reactive ketones (excluding diaryl/α,β-unsaturated/α-hetero) is 1. The van der Waals surface area contributed by atoms with Crippen LogP contribution < -0.4 is 9.47 Å². The summed E-state index contributed by atoms with van der Waals surface area (Å²) in [5, 5.41) is 0. The van der Waals surface area contributed by atoms with Crippen LogP contribution in [0.2, 0.25) is 0 Å². The van der Waals surface area contributed by atoms with Crippen molar-refractivity contribution in [1.29, 1.82) is 0 Å². The first-order valence-electron chi connectivity index (χ1n) is 14.3. The zero-order chi connectivity index (χ0) is 29.0. The zero-order valence-electron chi connectivity index (χ0n) is 24.6. The maximum Gasteiger partial charge on any atom is 0.330 e. The largest absolute Gasteiger partial charge is 0.497 e. The Morgan fingerprint density at radius 2 is 1.48 bits per heavy atom. The number of methoxy groups -OCH3 is 2. The minimum atomic E-state index is -0.998. The van der Waals surface area contributed by atoms with E-state index < -0.39 is 17.9 Å². The van der Waals surface area contributed by atoms with Crippen LogP contribution in [0.3, 0.4) is 0 Å². The van der Waals surface area contributed by atoms with E-state index in [0.717, 1.165) is 48.3 Å². The molecular weight excluding hydrogens is 506 g/mol. The first-order chi connectivity index (χ1) is 19.1. The van der Waals surface area contributed by atoms with Crippen LogP contribution in [0.1, 0.15) is 64.5 Å². The van der Waals surface area contributed by atoms with Gasteiger partial charge in [-0.15, -0.1) is 0 Å². The Morgan fingerprint density at radius 3 is 1.93 bits per heavy atom. The van der Waals surface area contributed by atoms with E-state index in [2.05, 4.69) is 20.8 Å². The van der Waals surface area contributed by atoms with Crippen molar-refractivity contribution in [2.24, 2.45) is 17.3 Å². The van der Waals surface area contributed by atoms with Gasteiger partial charge >= 0.3 is 5.97 Å². The van der Waals surface area contributed by atoms with Crippen LogP contribution in [0.15, 0.2) is 48.5 Å². The van der Waals surface area contributed by atoms with Gasteiger partial charge in [-0.1, -0.05) is 45.0 Å². The average Bonchev–Trinajstić information content (AvgIpc) is 2.92. The highest BCUT2D eigenvalue weighted by molar-refractivity contribution is 6.11. The van der Waals surface area contributed by atoms with Crippen molar-refractivity contribution in [2.75, 3.05) is 14.2 Å². The smallest absolute Gasteiger partial charge is 0.330 e. The lowest BCUT2D eigenvalue weighted by Crippen LogP contribution is -2.70. The predicted molar refractivity (Wildman–Crippen MR) is 153 cm³/mol. The molecule has 1 aliphatic heterocycles. The van der Waals surface area contributed by atoms with Crippen LogP contribution in [-0.4, -0.2) is 55.0 Å². The summed E-state index contributed by atoms with van der Waals surface area (Å²) in [5.41, 5.74) is 2.11. The van der Waals surface area contributed by atoms with Gasteiger partial charge in [0, 0.05) is 6.04 Å². The van der Waals surface area contributed by atoms with E-state index in [4.69, 9.17) is 14.2 Å². The molecule has 7 heteroatoms. The molecule has 7 nitrogen and oxygen atoms in total. The summed E-state index contributed by atoms with van der Waals surface area (Å²) in [6, 6.07) is 14.2. The topological polar surface area (TPSA) is 82.1 Å². The molecule has 0 spiro atoms. The normalized spacial score (nSPS) is 24.6. The van der Waals surface area contributed by atoms with Crippen LogP contribution in [0, 0.1) is 17.3 Å². The van der Waals surface area contributed by atoms with Gasteiger partial charge in [-0.25, -0.2) is 4.79 Å². The first-order valence-corrected chi connectivity index (χ1v) is 14.3. The summed E-state index contributed by atoms with van der Waals surface area (Å²) in [5.74, 6) is -0.110. The van der Waals surface area contributed by atoms with Crippen LogP contribution in [0.5, 0.6) is 11.5 Å². The molecule has 40 heavy (non-hydrogen) atoms. The number of hydrogen-bond acceptors (Lipinski definition) is 6. The number of ketones is 1. The number of esters is 1. The molecule has 2 fully saturated rings. The Kier molecular flexibility index (Phi) is 9.22. The van der Waals surface area contributed by atoms with Crippen molar-refractivity contribution in [3.8, 4) is 11.5 Å². The third-order valence-electron chi connectivity index (χ3n) is 9.11. The summed E-state index contributed by atoms with van der Waals surface area (Å²) in [6.45, 7) is 8.07. The van der Waals surface area contributed by atoms with Crippen molar-refractivity contribution in [3.63, 3.8) is 0 Å². The molecule has 1 amide bonds. The maximum absolute atomic E-state index is 13.7. The standard InChI is InChI=1S/C33H43NO6/c1-21(2)33(4)17-7-8-28(20-33)40-32(37)30-29(22(3)35)31(36)34(30)25(18-23-9-13-26(38-5)14-10-23)19-24-11-15-27(39-6)16-12-24/h9-16,21,25,28-30H,7-8,17-20H2,1-6H3. The highest BCUT2D eigenvalue weighted by Gasteiger charge is 2.57. The second-order valence-corrected chi connectivity index (χ2v) is 12.0. The SMILES string of the molecule is COc1ccc(CC(Cc2ccc(OC)cc2)N2C(=O)C(C(C)=O)C2C(=O)OC2CCCC(C)(C(C)C)C2)cc1. The number of rotatable bonds is 11. The molecule has 1 aliphatic carbocycles. The van der Waals surface area contributed by atoms with Crippen LogP contribution in [0.4, 0.5) is 0 Å². The monoisotopic (exact) mass is 549 g/mol. The number of β-lactam (4-membered cyclic amide) rings is 1. The molecule has 1 saturated carbocycles. The Balaban J connectivity index is 1.60.